The molecule has 3 rings (SSSR count). The van der Waals surface area contributed by atoms with Gasteiger partial charge in [-0.1, -0.05) is 6.07 Å². The fourth-order valence-electron chi connectivity index (χ4n) is 3.56. The van der Waals surface area contributed by atoms with Crippen LogP contribution >= 0.6 is 0 Å². The van der Waals surface area contributed by atoms with Gasteiger partial charge in [-0.15, -0.1) is 0 Å². The van der Waals surface area contributed by atoms with E-state index in [1.807, 2.05) is 13.0 Å². The fraction of sp³-hybridized carbons (Fsp3) is 0.524. The number of hydrogen-bond acceptors (Lipinski definition) is 7. The Morgan fingerprint density at radius 2 is 1.97 bits per heavy atom. The van der Waals surface area contributed by atoms with E-state index in [4.69, 9.17) is 18.9 Å². The lowest BCUT2D eigenvalue weighted by Crippen LogP contribution is -2.49. The Bertz CT molecular complexity index is 804. The highest BCUT2D eigenvalue weighted by atomic mass is 16.5. The Kier molecular flexibility index (Phi) is 7.53. The van der Waals surface area contributed by atoms with Crippen LogP contribution < -0.4 is 20.1 Å². The Balaban J connectivity index is 2.00. The van der Waals surface area contributed by atoms with Crippen molar-refractivity contribution in [3.8, 4) is 11.5 Å². The third-order valence-electron chi connectivity index (χ3n) is 4.96. The maximum Gasteiger partial charge on any atom is 0.338 e. The van der Waals surface area contributed by atoms with Gasteiger partial charge in [0.25, 0.3) is 0 Å². The molecule has 9 heteroatoms. The number of hydrogen-bond donors (Lipinski definition) is 2. The van der Waals surface area contributed by atoms with Crippen LogP contribution in [0.5, 0.6) is 11.5 Å². The van der Waals surface area contributed by atoms with Crippen molar-refractivity contribution in [1.29, 1.82) is 0 Å². The smallest absolute Gasteiger partial charge is 0.338 e. The summed E-state index contributed by atoms with van der Waals surface area (Å²) in [5.74, 6) is 0.658. The van der Waals surface area contributed by atoms with Gasteiger partial charge in [0.1, 0.15) is 0 Å². The second-order valence-electron chi connectivity index (χ2n) is 6.88. The van der Waals surface area contributed by atoms with Crippen molar-refractivity contribution < 1.29 is 28.5 Å². The molecule has 1 saturated heterocycles. The van der Waals surface area contributed by atoms with Crippen molar-refractivity contribution in [3.63, 3.8) is 0 Å². The topological polar surface area (TPSA) is 98.4 Å². The van der Waals surface area contributed by atoms with E-state index >= 15 is 0 Å². The first-order valence-corrected chi connectivity index (χ1v) is 10.2. The zero-order valence-electron chi connectivity index (χ0n) is 17.7. The number of rotatable bonds is 8. The van der Waals surface area contributed by atoms with Crippen LogP contribution in [0.3, 0.4) is 0 Å². The molecule has 2 N–H and O–H groups in total. The van der Waals surface area contributed by atoms with Crippen LogP contribution in [0.2, 0.25) is 0 Å². The summed E-state index contributed by atoms with van der Waals surface area (Å²) >= 11 is 0. The standard InChI is InChI=1S/C21H29N3O6/c1-4-29-16-7-6-14(12-17(16)27-3)19-18(20(25)30-5-2)15(22-21(26)23-19)13-24-8-10-28-11-9-24/h6-7,12,19H,4-5,8-11,13H2,1-3H3,(H2,22,23,26)/t19-/m0/s1. The largest absolute Gasteiger partial charge is 0.493 e. The average molecular weight is 419 g/mol. The number of benzene rings is 1. The van der Waals surface area contributed by atoms with Crippen LogP contribution in [-0.4, -0.2) is 70.1 Å². The third kappa shape index (κ3) is 5.03. The molecule has 2 heterocycles. The van der Waals surface area contributed by atoms with Crippen molar-refractivity contribution in [2.45, 2.75) is 19.9 Å². The average Bonchev–Trinajstić information content (AvgIpc) is 2.74. The van der Waals surface area contributed by atoms with Gasteiger partial charge in [0, 0.05) is 25.3 Å². The molecule has 9 nitrogen and oxygen atoms in total. The van der Waals surface area contributed by atoms with Crippen molar-refractivity contribution in [2.24, 2.45) is 0 Å². The second kappa shape index (κ2) is 10.3. The van der Waals surface area contributed by atoms with E-state index in [-0.39, 0.29) is 12.6 Å². The summed E-state index contributed by atoms with van der Waals surface area (Å²) in [5.41, 5.74) is 1.62. The molecule has 1 aromatic rings. The number of nitrogens with one attached hydrogen (secondary N) is 2. The lowest BCUT2D eigenvalue weighted by molar-refractivity contribution is -0.139. The van der Waals surface area contributed by atoms with E-state index < -0.39 is 12.0 Å². The van der Waals surface area contributed by atoms with E-state index in [9.17, 15) is 9.59 Å². The molecule has 2 aliphatic rings. The lowest BCUT2D eigenvalue weighted by atomic mass is 9.94. The van der Waals surface area contributed by atoms with E-state index in [0.717, 1.165) is 13.1 Å². The molecule has 0 radical (unpaired) electrons. The molecule has 0 bridgehead atoms. The SMILES string of the molecule is CCOC(=O)C1=C(CN2CCOCC2)NC(=O)N[C@H]1c1ccc(OCC)c(OC)c1. The molecule has 2 aliphatic heterocycles. The summed E-state index contributed by atoms with van der Waals surface area (Å²) in [7, 11) is 1.55. The predicted molar refractivity (Wildman–Crippen MR) is 109 cm³/mol. The van der Waals surface area contributed by atoms with Gasteiger partial charge < -0.3 is 29.6 Å². The number of ether oxygens (including phenoxy) is 4. The number of carbonyl (C=O) groups is 2. The number of morpholine rings is 1. The Hall–Kier alpha value is -2.78. The zero-order valence-corrected chi connectivity index (χ0v) is 17.7. The number of carbonyl (C=O) groups excluding carboxylic acids is 2. The highest BCUT2D eigenvalue weighted by Gasteiger charge is 2.35. The van der Waals surface area contributed by atoms with Crippen LogP contribution in [0.1, 0.15) is 25.5 Å². The number of urea groups is 1. The van der Waals surface area contributed by atoms with Gasteiger partial charge in [0.15, 0.2) is 11.5 Å². The summed E-state index contributed by atoms with van der Waals surface area (Å²) in [6.07, 6.45) is 0. The number of methoxy groups -OCH3 is 1. The highest BCUT2D eigenvalue weighted by Crippen LogP contribution is 2.34. The maximum atomic E-state index is 12.9. The van der Waals surface area contributed by atoms with Crippen LogP contribution in [-0.2, 0) is 14.3 Å². The Morgan fingerprint density at radius 1 is 1.20 bits per heavy atom. The minimum absolute atomic E-state index is 0.237. The van der Waals surface area contributed by atoms with Gasteiger partial charge in [-0.25, -0.2) is 9.59 Å². The highest BCUT2D eigenvalue weighted by molar-refractivity contribution is 5.95. The summed E-state index contributed by atoms with van der Waals surface area (Å²) < 4.78 is 21.7. The molecular weight excluding hydrogens is 390 g/mol. The first-order valence-electron chi connectivity index (χ1n) is 10.2. The van der Waals surface area contributed by atoms with Gasteiger partial charge >= 0.3 is 12.0 Å². The fourth-order valence-corrected chi connectivity index (χ4v) is 3.56. The molecule has 164 valence electrons. The molecule has 1 fully saturated rings. The van der Waals surface area contributed by atoms with Gasteiger partial charge in [-0.3, -0.25) is 4.90 Å². The zero-order chi connectivity index (χ0) is 21.5. The van der Waals surface area contributed by atoms with Gasteiger partial charge in [-0.05, 0) is 31.5 Å². The van der Waals surface area contributed by atoms with Gasteiger partial charge in [-0.2, -0.15) is 0 Å². The monoisotopic (exact) mass is 419 g/mol. The normalized spacial score (nSPS) is 19.7. The van der Waals surface area contributed by atoms with E-state index in [0.29, 0.717) is 54.7 Å². The van der Waals surface area contributed by atoms with Crippen molar-refractivity contribution in [1.82, 2.24) is 15.5 Å². The van der Waals surface area contributed by atoms with Crippen molar-refractivity contribution >= 4 is 12.0 Å². The molecule has 2 amide bonds. The summed E-state index contributed by atoms with van der Waals surface area (Å²) in [5, 5.41) is 5.65. The van der Waals surface area contributed by atoms with Crippen LogP contribution in [0, 0.1) is 0 Å². The molecule has 1 aromatic carbocycles. The first-order chi connectivity index (χ1) is 14.6. The summed E-state index contributed by atoms with van der Waals surface area (Å²) in [6, 6.07) is 4.32. The lowest BCUT2D eigenvalue weighted by Gasteiger charge is -2.33. The molecule has 1 atom stereocenters. The van der Waals surface area contributed by atoms with E-state index in [2.05, 4.69) is 15.5 Å². The second-order valence-corrected chi connectivity index (χ2v) is 6.88. The Labute approximate surface area is 176 Å². The molecule has 30 heavy (non-hydrogen) atoms. The predicted octanol–water partition coefficient (Wildman–Crippen LogP) is 1.60. The van der Waals surface area contributed by atoms with E-state index in [1.54, 1.807) is 26.2 Å². The summed E-state index contributed by atoms with van der Waals surface area (Å²) in [4.78, 5) is 27.5. The number of nitrogens with zero attached hydrogens (tertiary/aromatic N) is 1. The van der Waals surface area contributed by atoms with Gasteiger partial charge in [0.2, 0.25) is 0 Å². The van der Waals surface area contributed by atoms with Crippen molar-refractivity contribution in [2.75, 3.05) is 53.2 Å². The van der Waals surface area contributed by atoms with Gasteiger partial charge in [0.05, 0.1) is 45.2 Å². The molecule has 0 unspecified atom stereocenters. The van der Waals surface area contributed by atoms with E-state index in [1.165, 1.54) is 0 Å². The number of amides is 2. The minimum Gasteiger partial charge on any atom is -0.493 e. The third-order valence-corrected chi connectivity index (χ3v) is 4.96. The molecular formula is C21H29N3O6. The molecule has 0 aromatic heterocycles. The summed E-state index contributed by atoms with van der Waals surface area (Å²) in [6.45, 7) is 7.49. The molecule has 0 aliphatic carbocycles. The Morgan fingerprint density at radius 3 is 2.63 bits per heavy atom. The minimum atomic E-state index is -0.668. The molecule has 0 saturated carbocycles. The molecule has 0 spiro atoms. The van der Waals surface area contributed by atoms with Crippen molar-refractivity contribution in [3.05, 3.63) is 35.0 Å². The number of esters is 1. The quantitative estimate of drug-likeness (QED) is 0.618. The maximum absolute atomic E-state index is 12.9. The van der Waals surface area contributed by atoms with Crippen LogP contribution in [0.4, 0.5) is 4.79 Å². The van der Waals surface area contributed by atoms with Crippen LogP contribution in [0.15, 0.2) is 29.5 Å². The first kappa shape index (κ1) is 21.9. The van der Waals surface area contributed by atoms with Crippen LogP contribution in [0.25, 0.3) is 0 Å².